The van der Waals surface area contributed by atoms with Crippen LogP contribution in [0.3, 0.4) is 0 Å². The Morgan fingerprint density at radius 1 is 1.35 bits per heavy atom. The minimum Gasteiger partial charge on any atom is -0.389 e. The van der Waals surface area contributed by atoms with Gasteiger partial charge in [-0.15, -0.1) is 0 Å². The molecule has 1 atom stereocenters. The molecule has 0 bridgehead atoms. The summed E-state index contributed by atoms with van der Waals surface area (Å²) in [6, 6.07) is 8.50. The maximum Gasteiger partial charge on any atom is 0.0774 e. The van der Waals surface area contributed by atoms with Gasteiger partial charge >= 0.3 is 0 Å². The number of hydrogen-bond donors (Lipinski definition) is 2. The van der Waals surface area contributed by atoms with E-state index in [1.54, 1.807) is 0 Å². The van der Waals surface area contributed by atoms with Crippen molar-refractivity contribution in [2.24, 2.45) is 5.73 Å². The lowest BCUT2D eigenvalue weighted by Gasteiger charge is -2.29. The first-order chi connectivity index (χ1) is 9.48. The van der Waals surface area contributed by atoms with Crippen LogP contribution >= 0.6 is 0 Å². The summed E-state index contributed by atoms with van der Waals surface area (Å²) in [7, 11) is 2.08. The molecule has 1 aliphatic carbocycles. The molecule has 20 heavy (non-hydrogen) atoms. The van der Waals surface area contributed by atoms with Gasteiger partial charge in [-0.05, 0) is 45.3 Å². The number of nitrogens with two attached hydrogens (primary N) is 1. The molecule has 1 aliphatic rings. The maximum absolute atomic E-state index is 10.4. The van der Waals surface area contributed by atoms with Gasteiger partial charge in [0.1, 0.15) is 0 Å². The Bertz CT molecular complexity index is 427. The first-order valence-electron chi connectivity index (χ1n) is 7.72. The topological polar surface area (TPSA) is 49.5 Å². The maximum atomic E-state index is 10.4. The van der Waals surface area contributed by atoms with Crippen LogP contribution in [0, 0.1) is 6.92 Å². The molecule has 0 aliphatic heterocycles. The Morgan fingerprint density at radius 3 is 2.70 bits per heavy atom. The third-order valence-electron chi connectivity index (χ3n) is 4.39. The normalized spacial score (nSPS) is 19.4. The molecule has 0 radical (unpaired) electrons. The van der Waals surface area contributed by atoms with Gasteiger partial charge < -0.3 is 15.7 Å². The van der Waals surface area contributed by atoms with Crippen molar-refractivity contribution >= 4 is 0 Å². The Hall–Kier alpha value is -0.900. The summed E-state index contributed by atoms with van der Waals surface area (Å²) < 4.78 is 0. The molecular weight excluding hydrogens is 248 g/mol. The largest absolute Gasteiger partial charge is 0.389 e. The average Bonchev–Trinajstić information content (AvgIpc) is 2.82. The molecule has 112 valence electrons. The van der Waals surface area contributed by atoms with Crippen molar-refractivity contribution in [2.45, 2.75) is 50.7 Å². The highest BCUT2D eigenvalue weighted by Crippen LogP contribution is 2.30. The Balaban J connectivity index is 1.79. The van der Waals surface area contributed by atoms with Crippen LogP contribution in [0.25, 0.3) is 0 Å². The Labute approximate surface area is 122 Å². The van der Waals surface area contributed by atoms with Crippen molar-refractivity contribution in [3.63, 3.8) is 0 Å². The van der Waals surface area contributed by atoms with E-state index in [9.17, 15) is 5.11 Å². The number of hydrogen-bond acceptors (Lipinski definition) is 3. The molecule has 1 aromatic rings. The average molecular weight is 276 g/mol. The van der Waals surface area contributed by atoms with Gasteiger partial charge in [0, 0.05) is 12.6 Å². The van der Waals surface area contributed by atoms with Gasteiger partial charge in [-0.3, -0.25) is 0 Å². The second kappa shape index (κ2) is 6.70. The number of aliphatic hydroxyl groups is 1. The molecule has 0 heterocycles. The SMILES string of the molecule is Cc1cccc(C(N)CCN(C)CC2(O)CCCC2)c1. The van der Waals surface area contributed by atoms with Crippen molar-refractivity contribution in [2.75, 3.05) is 20.1 Å². The van der Waals surface area contributed by atoms with Gasteiger partial charge in [-0.2, -0.15) is 0 Å². The zero-order valence-electron chi connectivity index (χ0n) is 12.8. The molecule has 3 N–H and O–H groups in total. The van der Waals surface area contributed by atoms with Crippen LogP contribution in [0.2, 0.25) is 0 Å². The van der Waals surface area contributed by atoms with Gasteiger partial charge in [0.15, 0.2) is 0 Å². The summed E-state index contributed by atoms with van der Waals surface area (Å²) in [6.07, 6.45) is 5.14. The zero-order valence-corrected chi connectivity index (χ0v) is 12.8. The van der Waals surface area contributed by atoms with E-state index in [2.05, 4.69) is 43.1 Å². The van der Waals surface area contributed by atoms with Crippen molar-refractivity contribution < 1.29 is 5.11 Å². The Kier molecular flexibility index (Phi) is 5.19. The first kappa shape index (κ1) is 15.5. The van der Waals surface area contributed by atoms with Gasteiger partial charge in [-0.1, -0.05) is 42.7 Å². The third-order valence-corrected chi connectivity index (χ3v) is 4.39. The quantitative estimate of drug-likeness (QED) is 0.839. The van der Waals surface area contributed by atoms with E-state index in [0.29, 0.717) is 0 Å². The van der Waals surface area contributed by atoms with Crippen molar-refractivity contribution in [1.29, 1.82) is 0 Å². The fraction of sp³-hybridized carbons (Fsp3) is 0.647. The zero-order chi connectivity index (χ0) is 14.6. The van der Waals surface area contributed by atoms with Crippen LogP contribution < -0.4 is 5.73 Å². The second-order valence-electron chi connectivity index (χ2n) is 6.48. The number of likely N-dealkylation sites (N-methyl/N-ethyl adjacent to an activating group) is 1. The minimum absolute atomic E-state index is 0.0792. The molecule has 1 unspecified atom stereocenters. The monoisotopic (exact) mass is 276 g/mol. The number of aryl methyl sites for hydroxylation is 1. The van der Waals surface area contributed by atoms with Gasteiger partial charge in [0.05, 0.1) is 5.60 Å². The highest BCUT2D eigenvalue weighted by atomic mass is 16.3. The van der Waals surface area contributed by atoms with E-state index in [-0.39, 0.29) is 6.04 Å². The van der Waals surface area contributed by atoms with Crippen LogP contribution in [0.15, 0.2) is 24.3 Å². The molecule has 1 saturated carbocycles. The lowest BCUT2D eigenvalue weighted by Crippen LogP contribution is -2.40. The molecular formula is C17H28N2O. The highest BCUT2D eigenvalue weighted by molar-refractivity contribution is 5.24. The van der Waals surface area contributed by atoms with Crippen LogP contribution in [-0.2, 0) is 0 Å². The minimum atomic E-state index is -0.456. The fourth-order valence-corrected chi connectivity index (χ4v) is 3.20. The number of rotatable bonds is 6. The summed E-state index contributed by atoms with van der Waals surface area (Å²) in [6.45, 7) is 3.79. The molecule has 3 nitrogen and oxygen atoms in total. The molecule has 0 amide bonds. The van der Waals surface area contributed by atoms with Crippen molar-refractivity contribution in [3.8, 4) is 0 Å². The van der Waals surface area contributed by atoms with Crippen molar-refractivity contribution in [3.05, 3.63) is 35.4 Å². The van der Waals surface area contributed by atoms with Crippen LogP contribution in [0.1, 0.15) is 49.3 Å². The lowest BCUT2D eigenvalue weighted by atomic mass is 10.0. The van der Waals surface area contributed by atoms with Gasteiger partial charge in [0.25, 0.3) is 0 Å². The third kappa shape index (κ3) is 4.30. The molecule has 0 spiro atoms. The molecule has 1 fully saturated rings. The van der Waals surface area contributed by atoms with E-state index >= 15 is 0 Å². The summed E-state index contributed by atoms with van der Waals surface area (Å²) in [5.74, 6) is 0. The van der Waals surface area contributed by atoms with Crippen LogP contribution in [0.4, 0.5) is 0 Å². The summed E-state index contributed by atoms with van der Waals surface area (Å²) in [4.78, 5) is 2.22. The molecule has 0 saturated heterocycles. The fourth-order valence-electron chi connectivity index (χ4n) is 3.20. The molecule has 2 rings (SSSR count). The van der Waals surface area contributed by atoms with Gasteiger partial charge in [0.2, 0.25) is 0 Å². The first-order valence-corrected chi connectivity index (χ1v) is 7.72. The summed E-state index contributed by atoms with van der Waals surface area (Å²) in [5.41, 5.74) is 8.27. The van der Waals surface area contributed by atoms with E-state index in [0.717, 1.165) is 45.2 Å². The van der Waals surface area contributed by atoms with E-state index in [1.165, 1.54) is 11.1 Å². The van der Waals surface area contributed by atoms with Crippen molar-refractivity contribution in [1.82, 2.24) is 4.90 Å². The van der Waals surface area contributed by atoms with E-state index in [4.69, 9.17) is 5.73 Å². The van der Waals surface area contributed by atoms with E-state index < -0.39 is 5.60 Å². The summed E-state index contributed by atoms with van der Waals surface area (Å²) >= 11 is 0. The second-order valence-corrected chi connectivity index (χ2v) is 6.48. The molecule has 0 aromatic heterocycles. The van der Waals surface area contributed by atoms with Gasteiger partial charge in [-0.25, -0.2) is 0 Å². The number of benzene rings is 1. The molecule has 3 heteroatoms. The van der Waals surface area contributed by atoms with Crippen LogP contribution in [0.5, 0.6) is 0 Å². The smallest absolute Gasteiger partial charge is 0.0774 e. The standard InChI is InChI=1S/C17H28N2O/c1-14-6-5-7-15(12-14)16(18)8-11-19(2)13-17(20)9-3-4-10-17/h5-7,12,16,20H,3-4,8-11,13,18H2,1-2H3. The van der Waals surface area contributed by atoms with Crippen LogP contribution in [-0.4, -0.2) is 35.7 Å². The predicted molar refractivity (Wildman–Crippen MR) is 83.6 cm³/mol. The highest BCUT2D eigenvalue weighted by Gasteiger charge is 2.32. The summed E-state index contributed by atoms with van der Waals surface area (Å²) in [5, 5.41) is 10.4. The van der Waals surface area contributed by atoms with E-state index in [1.807, 2.05) is 0 Å². The Morgan fingerprint density at radius 2 is 2.05 bits per heavy atom. The molecule has 1 aromatic carbocycles. The predicted octanol–water partition coefficient (Wildman–Crippen LogP) is 2.62. The lowest BCUT2D eigenvalue weighted by molar-refractivity contribution is 0.0158. The number of nitrogens with zero attached hydrogens (tertiary/aromatic N) is 1.